The number of amides is 3. The van der Waals surface area contributed by atoms with Gasteiger partial charge in [-0.15, -0.1) is 11.8 Å². The Morgan fingerprint density at radius 2 is 1.86 bits per heavy atom. The van der Waals surface area contributed by atoms with Crippen LogP contribution in [0.15, 0.2) is 24.3 Å². The van der Waals surface area contributed by atoms with E-state index in [0.29, 0.717) is 36.5 Å². The van der Waals surface area contributed by atoms with Crippen molar-refractivity contribution in [3.05, 3.63) is 35.4 Å². The molecule has 2 N–H and O–H groups in total. The minimum Gasteiger partial charge on any atom is -0.449 e. The van der Waals surface area contributed by atoms with Crippen molar-refractivity contribution in [1.29, 1.82) is 0 Å². The molecule has 1 aliphatic carbocycles. The number of carbonyl (C=O) groups is 3. The van der Waals surface area contributed by atoms with Crippen LogP contribution >= 0.6 is 23.5 Å². The highest BCUT2D eigenvalue weighted by Gasteiger charge is 2.37. The number of aryl methyl sites for hydroxylation is 1. The Morgan fingerprint density at radius 1 is 1.14 bits per heavy atom. The topological polar surface area (TPSA) is 87.7 Å². The molecule has 1 aliphatic heterocycles. The van der Waals surface area contributed by atoms with Crippen LogP contribution in [0.3, 0.4) is 0 Å². The molecule has 3 rings (SSSR count). The van der Waals surface area contributed by atoms with Crippen molar-refractivity contribution in [2.45, 2.75) is 71.5 Å². The molecule has 1 heterocycles. The van der Waals surface area contributed by atoms with Crippen molar-refractivity contribution < 1.29 is 19.1 Å². The highest BCUT2D eigenvalue weighted by atomic mass is 32.2. The third kappa shape index (κ3) is 9.21. The van der Waals surface area contributed by atoms with E-state index in [0.717, 1.165) is 11.3 Å². The van der Waals surface area contributed by atoms with Crippen LogP contribution in [0.2, 0.25) is 0 Å². The van der Waals surface area contributed by atoms with E-state index in [9.17, 15) is 14.4 Å². The number of hydrogen-bond acceptors (Lipinski definition) is 6. The summed E-state index contributed by atoms with van der Waals surface area (Å²) in [7, 11) is 0. The molecule has 2 atom stereocenters. The molecule has 36 heavy (non-hydrogen) atoms. The molecule has 0 spiro atoms. The molecule has 0 bridgehead atoms. The second kappa shape index (κ2) is 14.8. The van der Waals surface area contributed by atoms with Gasteiger partial charge in [0.1, 0.15) is 12.1 Å². The number of nitrogens with zero attached hydrogens (tertiary/aromatic N) is 1. The molecule has 1 saturated heterocycles. The zero-order valence-corrected chi connectivity index (χ0v) is 23.4. The molecule has 200 valence electrons. The number of ether oxygens (including phenoxy) is 1. The second-order valence-electron chi connectivity index (χ2n) is 10.3. The number of nitrogens with one attached hydrogen (secondary N) is 2. The third-order valence-electron chi connectivity index (χ3n) is 6.54. The fourth-order valence-corrected chi connectivity index (χ4v) is 6.75. The van der Waals surface area contributed by atoms with Crippen molar-refractivity contribution in [2.75, 3.05) is 29.7 Å². The molecule has 0 radical (unpaired) electrons. The lowest BCUT2D eigenvalue weighted by atomic mass is 9.91. The molecular weight excluding hydrogens is 494 g/mol. The standard InChI is InChI=1S/C27H41N3O4S2/c1-19(2)14-34-27(33)30-18-36-17-24(30)26(32)29-23(16-35-15-22-7-5-4-6-8-22)25(31)28-13-21-11-9-20(3)10-12-21/h9-12,19,22-24H,4-8,13-18H2,1-3H3,(H,28,31)(H,29,32)/t23-,24-/m0/s1. The van der Waals surface area contributed by atoms with Gasteiger partial charge in [0, 0.05) is 18.1 Å². The van der Waals surface area contributed by atoms with Gasteiger partial charge in [0.25, 0.3) is 0 Å². The smallest absolute Gasteiger partial charge is 0.411 e. The molecular formula is C27H41N3O4S2. The van der Waals surface area contributed by atoms with Crippen LogP contribution in [0, 0.1) is 18.8 Å². The summed E-state index contributed by atoms with van der Waals surface area (Å²) in [4.78, 5) is 40.4. The Bertz CT molecular complexity index is 859. The first-order valence-electron chi connectivity index (χ1n) is 13.1. The number of carbonyl (C=O) groups excluding carboxylic acids is 3. The molecule has 2 fully saturated rings. The fourth-order valence-electron chi connectivity index (χ4n) is 4.34. The van der Waals surface area contributed by atoms with Crippen molar-refractivity contribution in [3.8, 4) is 0 Å². The molecule has 1 saturated carbocycles. The van der Waals surface area contributed by atoms with Crippen LogP contribution < -0.4 is 10.6 Å². The Hall–Kier alpha value is -1.87. The first-order valence-corrected chi connectivity index (χ1v) is 15.4. The van der Waals surface area contributed by atoms with Crippen LogP contribution in [-0.2, 0) is 20.9 Å². The summed E-state index contributed by atoms with van der Waals surface area (Å²) in [5, 5.41) is 5.95. The molecule has 1 aromatic carbocycles. The Balaban J connectivity index is 1.59. The van der Waals surface area contributed by atoms with Crippen LogP contribution in [-0.4, -0.2) is 64.6 Å². The van der Waals surface area contributed by atoms with Gasteiger partial charge in [-0.2, -0.15) is 11.8 Å². The van der Waals surface area contributed by atoms with Gasteiger partial charge in [-0.25, -0.2) is 4.79 Å². The average molecular weight is 536 g/mol. The zero-order valence-electron chi connectivity index (χ0n) is 21.8. The van der Waals surface area contributed by atoms with E-state index in [1.54, 1.807) is 11.8 Å². The largest absolute Gasteiger partial charge is 0.449 e. The van der Waals surface area contributed by atoms with E-state index < -0.39 is 18.2 Å². The maximum atomic E-state index is 13.2. The Kier molecular flexibility index (Phi) is 11.8. The van der Waals surface area contributed by atoms with Crippen molar-refractivity contribution in [3.63, 3.8) is 0 Å². The number of benzene rings is 1. The van der Waals surface area contributed by atoms with Gasteiger partial charge in [-0.05, 0) is 42.9 Å². The number of thioether (sulfide) groups is 2. The summed E-state index contributed by atoms with van der Waals surface area (Å²) in [5.41, 5.74) is 2.18. The van der Waals surface area contributed by atoms with Gasteiger partial charge in [0.15, 0.2) is 0 Å². The highest BCUT2D eigenvalue weighted by Crippen LogP contribution is 2.27. The van der Waals surface area contributed by atoms with Gasteiger partial charge in [0.05, 0.1) is 12.5 Å². The van der Waals surface area contributed by atoms with Crippen LogP contribution in [0.25, 0.3) is 0 Å². The quantitative estimate of drug-likeness (QED) is 0.431. The first-order chi connectivity index (χ1) is 17.3. The monoisotopic (exact) mass is 535 g/mol. The predicted octanol–water partition coefficient (Wildman–Crippen LogP) is 4.58. The molecule has 7 nitrogen and oxygen atoms in total. The SMILES string of the molecule is Cc1ccc(CNC(=O)[C@H](CSCC2CCCCC2)NC(=O)[C@@H]2CSCN2C(=O)OCC(C)C)cc1. The van der Waals surface area contributed by atoms with Crippen molar-refractivity contribution in [2.24, 2.45) is 11.8 Å². The first kappa shape index (κ1) is 28.7. The summed E-state index contributed by atoms with van der Waals surface area (Å²) in [6, 6.07) is 6.74. The molecule has 9 heteroatoms. The maximum Gasteiger partial charge on any atom is 0.411 e. The maximum absolute atomic E-state index is 13.2. The molecule has 2 aliphatic rings. The fraction of sp³-hybridized carbons (Fsp3) is 0.667. The van der Waals surface area contributed by atoms with E-state index in [1.807, 2.05) is 45.0 Å². The van der Waals surface area contributed by atoms with Gasteiger partial charge in [0.2, 0.25) is 11.8 Å². The zero-order chi connectivity index (χ0) is 25.9. The number of rotatable bonds is 11. The van der Waals surface area contributed by atoms with Crippen molar-refractivity contribution in [1.82, 2.24) is 15.5 Å². The summed E-state index contributed by atoms with van der Waals surface area (Å²) < 4.78 is 5.36. The Labute approximate surface area is 224 Å². The van der Waals surface area contributed by atoms with E-state index in [-0.39, 0.29) is 17.7 Å². The summed E-state index contributed by atoms with van der Waals surface area (Å²) in [6.45, 7) is 6.70. The summed E-state index contributed by atoms with van der Waals surface area (Å²) in [5.74, 6) is 2.84. The average Bonchev–Trinajstić information content (AvgIpc) is 3.37. The third-order valence-corrected chi connectivity index (χ3v) is 8.83. The van der Waals surface area contributed by atoms with Gasteiger partial charge in [-0.3, -0.25) is 14.5 Å². The predicted molar refractivity (Wildman–Crippen MR) is 148 cm³/mol. The van der Waals surface area contributed by atoms with Crippen LogP contribution in [0.5, 0.6) is 0 Å². The van der Waals surface area contributed by atoms with Gasteiger partial charge < -0.3 is 15.4 Å². The van der Waals surface area contributed by atoms with E-state index in [4.69, 9.17) is 4.74 Å². The van der Waals surface area contributed by atoms with Crippen LogP contribution in [0.4, 0.5) is 4.79 Å². The molecule has 1 aromatic rings. The second-order valence-corrected chi connectivity index (χ2v) is 12.3. The normalized spacial score (nSPS) is 19.2. The molecule has 3 amide bonds. The number of hydrogen-bond donors (Lipinski definition) is 2. The van der Waals surface area contributed by atoms with Crippen molar-refractivity contribution >= 4 is 41.4 Å². The van der Waals surface area contributed by atoms with Crippen LogP contribution in [0.1, 0.15) is 57.1 Å². The Morgan fingerprint density at radius 3 is 2.56 bits per heavy atom. The summed E-state index contributed by atoms with van der Waals surface area (Å²) >= 11 is 3.26. The lowest BCUT2D eigenvalue weighted by Gasteiger charge is -2.26. The van der Waals surface area contributed by atoms with E-state index >= 15 is 0 Å². The minimum atomic E-state index is -0.657. The molecule has 0 aromatic heterocycles. The van der Waals surface area contributed by atoms with Gasteiger partial charge >= 0.3 is 6.09 Å². The highest BCUT2D eigenvalue weighted by molar-refractivity contribution is 7.99. The van der Waals surface area contributed by atoms with E-state index in [1.165, 1.54) is 54.3 Å². The van der Waals surface area contributed by atoms with E-state index in [2.05, 4.69) is 10.6 Å². The summed E-state index contributed by atoms with van der Waals surface area (Å²) in [6.07, 6.45) is 5.90. The molecule has 0 unspecified atom stereocenters. The lowest BCUT2D eigenvalue weighted by molar-refractivity contribution is -0.130. The lowest BCUT2D eigenvalue weighted by Crippen LogP contribution is -2.54. The van der Waals surface area contributed by atoms with Gasteiger partial charge in [-0.1, -0.05) is 62.9 Å². The minimum absolute atomic E-state index is 0.195.